The molecule has 0 bridgehead atoms. The molecule has 76 valence electrons. The molecular formula is C10H15N3O. The van der Waals surface area contributed by atoms with E-state index in [9.17, 15) is 0 Å². The minimum Gasteiger partial charge on any atom is -0.394 e. The largest absolute Gasteiger partial charge is 0.394 e. The van der Waals surface area contributed by atoms with Gasteiger partial charge < -0.3 is 16.6 Å². The maximum absolute atomic E-state index is 9.13. The standard InChI is InChI=1S/C10H15N3O/c1-7-4-2-3-5-8(7)9(6-14)13-10(11)12/h2-5,9,14H,6H2,1H3,(H4,11,12,13). The quantitative estimate of drug-likeness (QED) is 0.477. The summed E-state index contributed by atoms with van der Waals surface area (Å²) in [6, 6.07) is 7.33. The Morgan fingerprint density at radius 2 is 2.07 bits per heavy atom. The Morgan fingerprint density at radius 1 is 1.43 bits per heavy atom. The summed E-state index contributed by atoms with van der Waals surface area (Å²) in [5.41, 5.74) is 12.6. The van der Waals surface area contributed by atoms with Crippen LogP contribution in [0, 0.1) is 6.92 Å². The molecule has 5 N–H and O–H groups in total. The Balaban J connectivity index is 3.01. The number of rotatable bonds is 3. The molecular weight excluding hydrogens is 178 g/mol. The lowest BCUT2D eigenvalue weighted by Gasteiger charge is -2.12. The van der Waals surface area contributed by atoms with Crippen molar-refractivity contribution in [3.63, 3.8) is 0 Å². The van der Waals surface area contributed by atoms with Crippen molar-refractivity contribution in [2.24, 2.45) is 16.5 Å². The van der Waals surface area contributed by atoms with Crippen molar-refractivity contribution in [2.45, 2.75) is 13.0 Å². The Bertz CT molecular complexity index is 332. The van der Waals surface area contributed by atoms with Crippen LogP contribution in [0.2, 0.25) is 0 Å². The number of benzene rings is 1. The van der Waals surface area contributed by atoms with Crippen LogP contribution >= 0.6 is 0 Å². The van der Waals surface area contributed by atoms with Crippen molar-refractivity contribution in [3.05, 3.63) is 35.4 Å². The molecule has 0 aromatic heterocycles. The van der Waals surface area contributed by atoms with Crippen LogP contribution in [0.5, 0.6) is 0 Å². The maximum Gasteiger partial charge on any atom is 0.186 e. The van der Waals surface area contributed by atoms with Gasteiger partial charge in [0.2, 0.25) is 0 Å². The summed E-state index contributed by atoms with van der Waals surface area (Å²) < 4.78 is 0. The Morgan fingerprint density at radius 3 is 2.57 bits per heavy atom. The number of aliphatic hydroxyl groups is 1. The molecule has 0 saturated heterocycles. The summed E-state index contributed by atoms with van der Waals surface area (Å²) in [4.78, 5) is 3.95. The van der Waals surface area contributed by atoms with Gasteiger partial charge in [0, 0.05) is 0 Å². The van der Waals surface area contributed by atoms with Crippen molar-refractivity contribution >= 4 is 5.96 Å². The second kappa shape index (κ2) is 4.62. The van der Waals surface area contributed by atoms with E-state index in [2.05, 4.69) is 4.99 Å². The van der Waals surface area contributed by atoms with Gasteiger partial charge in [0.1, 0.15) is 6.04 Å². The highest BCUT2D eigenvalue weighted by Crippen LogP contribution is 2.19. The summed E-state index contributed by atoms with van der Waals surface area (Å²) in [6.07, 6.45) is 0. The predicted molar refractivity (Wildman–Crippen MR) is 56.8 cm³/mol. The van der Waals surface area contributed by atoms with E-state index in [0.717, 1.165) is 11.1 Å². The predicted octanol–water partition coefficient (Wildman–Crippen LogP) is 0.302. The third-order valence-corrected chi connectivity index (χ3v) is 2.03. The summed E-state index contributed by atoms with van der Waals surface area (Å²) in [6.45, 7) is 1.86. The van der Waals surface area contributed by atoms with E-state index in [0.29, 0.717) is 0 Å². The molecule has 4 heteroatoms. The number of hydrogen-bond acceptors (Lipinski definition) is 2. The van der Waals surface area contributed by atoms with Gasteiger partial charge in [-0.2, -0.15) is 0 Å². The van der Waals surface area contributed by atoms with Gasteiger partial charge in [0.25, 0.3) is 0 Å². The lowest BCUT2D eigenvalue weighted by atomic mass is 10.0. The number of aliphatic hydroxyl groups excluding tert-OH is 1. The van der Waals surface area contributed by atoms with Crippen molar-refractivity contribution in [3.8, 4) is 0 Å². The van der Waals surface area contributed by atoms with Crippen LogP contribution < -0.4 is 11.5 Å². The van der Waals surface area contributed by atoms with E-state index < -0.39 is 0 Å². The molecule has 14 heavy (non-hydrogen) atoms. The Labute approximate surface area is 83.3 Å². The van der Waals surface area contributed by atoms with Crippen LogP contribution in [0.1, 0.15) is 17.2 Å². The second-order valence-electron chi connectivity index (χ2n) is 3.11. The van der Waals surface area contributed by atoms with Crippen LogP contribution in [0.4, 0.5) is 0 Å². The lowest BCUT2D eigenvalue weighted by Crippen LogP contribution is -2.24. The molecule has 0 aliphatic carbocycles. The topological polar surface area (TPSA) is 84.6 Å². The molecule has 0 heterocycles. The average Bonchev–Trinajstić information content (AvgIpc) is 2.15. The highest BCUT2D eigenvalue weighted by atomic mass is 16.3. The van der Waals surface area contributed by atoms with Crippen molar-refractivity contribution in [1.82, 2.24) is 0 Å². The van der Waals surface area contributed by atoms with Gasteiger partial charge in [-0.15, -0.1) is 0 Å². The number of guanidine groups is 1. The van der Waals surface area contributed by atoms with Crippen molar-refractivity contribution in [2.75, 3.05) is 6.61 Å². The molecule has 0 fully saturated rings. The van der Waals surface area contributed by atoms with E-state index in [1.165, 1.54) is 0 Å². The van der Waals surface area contributed by atoms with Gasteiger partial charge in [-0.3, -0.25) is 0 Å². The minimum atomic E-state index is -0.360. The van der Waals surface area contributed by atoms with Gasteiger partial charge in [-0.1, -0.05) is 24.3 Å². The zero-order chi connectivity index (χ0) is 10.6. The van der Waals surface area contributed by atoms with Crippen LogP contribution in [0.15, 0.2) is 29.3 Å². The molecule has 1 aromatic carbocycles. The first-order valence-corrected chi connectivity index (χ1v) is 4.40. The first kappa shape index (κ1) is 10.5. The lowest BCUT2D eigenvalue weighted by molar-refractivity contribution is 0.268. The fourth-order valence-corrected chi connectivity index (χ4v) is 1.35. The maximum atomic E-state index is 9.13. The molecule has 0 spiro atoms. The monoisotopic (exact) mass is 193 g/mol. The molecule has 1 aromatic rings. The van der Waals surface area contributed by atoms with Crippen molar-refractivity contribution in [1.29, 1.82) is 0 Å². The Kier molecular flexibility index (Phi) is 3.48. The number of hydrogen-bond donors (Lipinski definition) is 3. The van der Waals surface area contributed by atoms with E-state index in [1.807, 2.05) is 31.2 Å². The van der Waals surface area contributed by atoms with Crippen LogP contribution in [0.25, 0.3) is 0 Å². The highest BCUT2D eigenvalue weighted by Gasteiger charge is 2.10. The molecule has 0 amide bonds. The minimum absolute atomic E-state index is 0.00713. The summed E-state index contributed by atoms with van der Waals surface area (Å²) in [7, 11) is 0. The number of aryl methyl sites for hydroxylation is 1. The van der Waals surface area contributed by atoms with Gasteiger partial charge in [-0.25, -0.2) is 4.99 Å². The number of nitrogens with zero attached hydrogens (tertiary/aromatic N) is 1. The van der Waals surface area contributed by atoms with E-state index in [-0.39, 0.29) is 18.6 Å². The number of aliphatic imine (C=N–C) groups is 1. The molecule has 1 unspecified atom stereocenters. The van der Waals surface area contributed by atoms with Gasteiger partial charge in [0.15, 0.2) is 5.96 Å². The summed E-state index contributed by atoms with van der Waals surface area (Å²) >= 11 is 0. The SMILES string of the molecule is Cc1ccccc1C(CO)N=C(N)N. The molecule has 1 atom stereocenters. The van der Waals surface area contributed by atoms with Gasteiger partial charge >= 0.3 is 0 Å². The van der Waals surface area contributed by atoms with Gasteiger partial charge in [0.05, 0.1) is 6.61 Å². The summed E-state index contributed by atoms with van der Waals surface area (Å²) in [5.74, 6) is -0.00713. The van der Waals surface area contributed by atoms with E-state index >= 15 is 0 Å². The molecule has 0 aliphatic heterocycles. The molecule has 1 rings (SSSR count). The molecule has 0 aliphatic rings. The van der Waals surface area contributed by atoms with Gasteiger partial charge in [-0.05, 0) is 18.1 Å². The van der Waals surface area contributed by atoms with Crippen LogP contribution in [-0.2, 0) is 0 Å². The first-order chi connectivity index (χ1) is 6.65. The molecule has 0 radical (unpaired) electrons. The highest BCUT2D eigenvalue weighted by molar-refractivity contribution is 5.76. The normalized spacial score (nSPS) is 12.1. The summed E-state index contributed by atoms with van der Waals surface area (Å²) in [5, 5.41) is 9.13. The van der Waals surface area contributed by atoms with Crippen LogP contribution in [-0.4, -0.2) is 17.7 Å². The third-order valence-electron chi connectivity index (χ3n) is 2.03. The smallest absolute Gasteiger partial charge is 0.186 e. The Hall–Kier alpha value is -1.55. The second-order valence-corrected chi connectivity index (χ2v) is 3.11. The van der Waals surface area contributed by atoms with Crippen LogP contribution in [0.3, 0.4) is 0 Å². The zero-order valence-corrected chi connectivity index (χ0v) is 8.14. The fourth-order valence-electron chi connectivity index (χ4n) is 1.35. The zero-order valence-electron chi connectivity index (χ0n) is 8.14. The molecule has 0 saturated carbocycles. The third kappa shape index (κ3) is 2.47. The fraction of sp³-hybridized carbons (Fsp3) is 0.300. The van der Waals surface area contributed by atoms with Crippen molar-refractivity contribution < 1.29 is 5.11 Å². The first-order valence-electron chi connectivity index (χ1n) is 4.40. The van der Waals surface area contributed by atoms with E-state index in [4.69, 9.17) is 16.6 Å². The van der Waals surface area contributed by atoms with E-state index in [1.54, 1.807) is 0 Å². The average molecular weight is 193 g/mol. The molecule has 4 nitrogen and oxygen atoms in total. The number of nitrogens with two attached hydrogens (primary N) is 2.